The van der Waals surface area contributed by atoms with Crippen molar-refractivity contribution < 1.29 is 10.2 Å². The van der Waals surface area contributed by atoms with Crippen LogP contribution >= 0.6 is 23.5 Å². The van der Waals surface area contributed by atoms with Crippen molar-refractivity contribution in [2.24, 2.45) is 0 Å². The van der Waals surface area contributed by atoms with E-state index < -0.39 is 0 Å². The zero-order chi connectivity index (χ0) is 12.3. The summed E-state index contributed by atoms with van der Waals surface area (Å²) in [4.78, 5) is 0. The van der Waals surface area contributed by atoms with Crippen molar-refractivity contribution in [3.05, 3.63) is 29.8 Å². The van der Waals surface area contributed by atoms with Crippen LogP contribution in [0.4, 0.5) is 0 Å². The first-order valence-electron chi connectivity index (χ1n) is 5.86. The van der Waals surface area contributed by atoms with Gasteiger partial charge in [0.15, 0.2) is 0 Å². The quantitative estimate of drug-likeness (QED) is 0.885. The SMILES string of the molecule is CC1SCCSC1C(O)Cc1cccc(O)c1. The molecule has 2 rings (SSSR count). The van der Waals surface area contributed by atoms with Crippen molar-refractivity contribution in [1.29, 1.82) is 0 Å². The van der Waals surface area contributed by atoms with Crippen molar-refractivity contribution >= 4 is 23.5 Å². The summed E-state index contributed by atoms with van der Waals surface area (Å²) >= 11 is 3.81. The Morgan fingerprint density at radius 3 is 2.82 bits per heavy atom. The first kappa shape index (κ1) is 13.1. The van der Waals surface area contributed by atoms with E-state index in [0.717, 1.165) is 11.3 Å². The average Bonchev–Trinajstić information content (AvgIpc) is 2.29. The van der Waals surface area contributed by atoms with E-state index in [1.807, 2.05) is 35.7 Å². The molecule has 3 atom stereocenters. The Hall–Kier alpha value is -0.320. The van der Waals surface area contributed by atoms with Crippen LogP contribution in [0.2, 0.25) is 0 Å². The summed E-state index contributed by atoms with van der Waals surface area (Å²) in [5, 5.41) is 20.5. The number of benzene rings is 1. The van der Waals surface area contributed by atoms with Gasteiger partial charge in [-0.05, 0) is 24.1 Å². The van der Waals surface area contributed by atoms with Crippen molar-refractivity contribution in [3.63, 3.8) is 0 Å². The first-order chi connectivity index (χ1) is 8.16. The molecule has 0 radical (unpaired) electrons. The number of hydrogen-bond donors (Lipinski definition) is 2. The van der Waals surface area contributed by atoms with Crippen LogP contribution in [0.5, 0.6) is 5.75 Å². The van der Waals surface area contributed by atoms with Crippen molar-refractivity contribution in [2.75, 3.05) is 11.5 Å². The van der Waals surface area contributed by atoms with Crippen LogP contribution in [0.25, 0.3) is 0 Å². The number of rotatable bonds is 3. The highest BCUT2D eigenvalue weighted by molar-refractivity contribution is 8.07. The Morgan fingerprint density at radius 2 is 2.12 bits per heavy atom. The molecule has 0 aliphatic carbocycles. The predicted octanol–water partition coefficient (Wildman–Crippen LogP) is 2.53. The maximum atomic E-state index is 10.3. The highest BCUT2D eigenvalue weighted by Gasteiger charge is 2.29. The number of hydrogen-bond acceptors (Lipinski definition) is 4. The van der Waals surface area contributed by atoms with Crippen LogP contribution in [-0.2, 0) is 6.42 Å². The molecule has 94 valence electrons. The van der Waals surface area contributed by atoms with Gasteiger partial charge < -0.3 is 10.2 Å². The van der Waals surface area contributed by atoms with Gasteiger partial charge in [-0.2, -0.15) is 23.5 Å². The third-order valence-electron chi connectivity index (χ3n) is 2.97. The molecule has 1 fully saturated rings. The minimum absolute atomic E-state index is 0.272. The summed E-state index contributed by atoms with van der Waals surface area (Å²) in [5.41, 5.74) is 1.00. The number of phenolic OH excluding ortho intramolecular Hbond substituents is 1. The Labute approximate surface area is 111 Å². The van der Waals surface area contributed by atoms with Crippen LogP contribution < -0.4 is 0 Å². The molecule has 3 unspecified atom stereocenters. The fourth-order valence-electron chi connectivity index (χ4n) is 2.11. The zero-order valence-electron chi connectivity index (χ0n) is 9.87. The lowest BCUT2D eigenvalue weighted by Crippen LogP contribution is -2.36. The fraction of sp³-hybridized carbons (Fsp3) is 0.538. The highest BCUT2D eigenvalue weighted by Crippen LogP contribution is 2.34. The van der Waals surface area contributed by atoms with Gasteiger partial charge in [-0.15, -0.1) is 0 Å². The summed E-state index contributed by atoms with van der Waals surface area (Å²) < 4.78 is 0. The number of phenols is 1. The third-order valence-corrected chi connectivity index (χ3v) is 6.21. The predicted molar refractivity (Wildman–Crippen MR) is 76.0 cm³/mol. The minimum atomic E-state index is -0.329. The van der Waals surface area contributed by atoms with Crippen LogP contribution in [0.3, 0.4) is 0 Å². The summed E-state index contributed by atoms with van der Waals surface area (Å²) in [6, 6.07) is 7.16. The number of aliphatic hydroxyl groups is 1. The van der Waals surface area contributed by atoms with E-state index in [1.165, 1.54) is 5.75 Å². The van der Waals surface area contributed by atoms with Crippen molar-refractivity contribution in [1.82, 2.24) is 0 Å². The Morgan fingerprint density at radius 1 is 1.35 bits per heavy atom. The van der Waals surface area contributed by atoms with Gasteiger partial charge in [-0.25, -0.2) is 0 Å². The standard InChI is InChI=1S/C13H18O2S2/c1-9-13(17-6-5-16-9)12(15)8-10-3-2-4-11(14)7-10/h2-4,7,9,12-15H,5-6,8H2,1H3. The molecule has 0 aromatic heterocycles. The maximum Gasteiger partial charge on any atom is 0.115 e. The molecule has 0 spiro atoms. The van der Waals surface area contributed by atoms with Crippen molar-refractivity contribution in [2.45, 2.75) is 29.9 Å². The lowest BCUT2D eigenvalue weighted by Gasteiger charge is -2.31. The van der Waals surface area contributed by atoms with E-state index in [1.54, 1.807) is 12.1 Å². The molecule has 1 heterocycles. The Balaban J connectivity index is 1.98. The van der Waals surface area contributed by atoms with E-state index in [4.69, 9.17) is 0 Å². The van der Waals surface area contributed by atoms with Gasteiger partial charge in [0.05, 0.1) is 6.10 Å². The molecule has 1 aromatic rings. The summed E-state index contributed by atoms with van der Waals surface area (Å²) in [6.45, 7) is 2.19. The van der Waals surface area contributed by atoms with Gasteiger partial charge in [0, 0.05) is 22.0 Å². The van der Waals surface area contributed by atoms with E-state index in [-0.39, 0.29) is 11.9 Å². The van der Waals surface area contributed by atoms with E-state index in [2.05, 4.69) is 6.92 Å². The average molecular weight is 270 g/mol. The molecule has 0 bridgehead atoms. The normalized spacial score (nSPS) is 26.7. The van der Waals surface area contributed by atoms with Crippen LogP contribution in [-0.4, -0.2) is 38.3 Å². The highest BCUT2D eigenvalue weighted by atomic mass is 32.2. The topological polar surface area (TPSA) is 40.5 Å². The van der Waals surface area contributed by atoms with Crippen LogP contribution in [0.1, 0.15) is 12.5 Å². The summed E-state index contributed by atoms with van der Waals surface area (Å²) in [7, 11) is 0. The van der Waals surface area contributed by atoms with Gasteiger partial charge in [-0.1, -0.05) is 19.1 Å². The monoisotopic (exact) mass is 270 g/mol. The molecule has 1 saturated heterocycles. The van der Waals surface area contributed by atoms with Gasteiger partial charge in [0.25, 0.3) is 0 Å². The maximum absolute atomic E-state index is 10.3. The molecule has 0 amide bonds. The second kappa shape index (κ2) is 6.03. The Bertz CT molecular complexity index is 370. The number of aromatic hydroxyl groups is 1. The van der Waals surface area contributed by atoms with E-state index >= 15 is 0 Å². The largest absolute Gasteiger partial charge is 0.508 e. The molecule has 0 saturated carbocycles. The zero-order valence-corrected chi connectivity index (χ0v) is 11.5. The molecule has 1 aromatic carbocycles. The molecule has 2 N–H and O–H groups in total. The number of aliphatic hydroxyl groups excluding tert-OH is 1. The lowest BCUT2D eigenvalue weighted by molar-refractivity contribution is 0.171. The fourth-order valence-corrected chi connectivity index (χ4v) is 4.96. The van der Waals surface area contributed by atoms with E-state index in [9.17, 15) is 10.2 Å². The molecule has 1 aliphatic heterocycles. The smallest absolute Gasteiger partial charge is 0.115 e. The van der Waals surface area contributed by atoms with Gasteiger partial charge in [-0.3, -0.25) is 0 Å². The Kier molecular flexibility index (Phi) is 4.65. The van der Waals surface area contributed by atoms with Gasteiger partial charge >= 0.3 is 0 Å². The molecule has 17 heavy (non-hydrogen) atoms. The molecule has 2 nitrogen and oxygen atoms in total. The molecule has 4 heteroatoms. The van der Waals surface area contributed by atoms with Crippen LogP contribution in [0.15, 0.2) is 24.3 Å². The molecular weight excluding hydrogens is 252 g/mol. The summed E-state index contributed by atoms with van der Waals surface area (Å²) in [6.07, 6.45) is 0.293. The first-order valence-corrected chi connectivity index (χ1v) is 7.96. The lowest BCUT2D eigenvalue weighted by atomic mass is 10.0. The minimum Gasteiger partial charge on any atom is -0.508 e. The second-order valence-corrected chi connectivity index (χ2v) is 7.12. The summed E-state index contributed by atoms with van der Waals surface area (Å²) in [5.74, 6) is 2.58. The second-order valence-electron chi connectivity index (χ2n) is 4.35. The van der Waals surface area contributed by atoms with Crippen LogP contribution in [0, 0.1) is 0 Å². The number of thioether (sulfide) groups is 2. The van der Waals surface area contributed by atoms with Crippen molar-refractivity contribution in [3.8, 4) is 5.75 Å². The third kappa shape index (κ3) is 3.57. The van der Waals surface area contributed by atoms with Gasteiger partial charge in [0.1, 0.15) is 5.75 Å². The molecule has 1 aliphatic rings. The molecular formula is C13H18O2S2. The van der Waals surface area contributed by atoms with Gasteiger partial charge in [0.2, 0.25) is 0 Å². The van der Waals surface area contributed by atoms with E-state index in [0.29, 0.717) is 16.9 Å².